The fourth-order valence-electron chi connectivity index (χ4n) is 2.93. The van der Waals surface area contributed by atoms with Gasteiger partial charge in [-0.3, -0.25) is 0 Å². The molecule has 1 N–H and O–H groups in total. The number of rotatable bonds is 6. The van der Waals surface area contributed by atoms with Crippen LogP contribution >= 0.6 is 0 Å². The summed E-state index contributed by atoms with van der Waals surface area (Å²) in [6.07, 6.45) is 1.98. The van der Waals surface area contributed by atoms with Gasteiger partial charge in [0.05, 0.1) is 5.60 Å². The molecular formula is C18H36N2O3. The second kappa shape index (κ2) is 8.34. The number of hydrogen-bond acceptors (Lipinski definition) is 4. The number of hydrogen-bond donors (Lipinski definition) is 1. The van der Waals surface area contributed by atoms with Gasteiger partial charge < -0.3 is 19.7 Å². The molecule has 0 spiro atoms. The number of nitrogens with zero attached hydrogens (tertiary/aromatic N) is 1. The SMILES string of the molecule is CCOC(C)(C)CNC(C)C1CCCN(C(=O)OC(C)(C)C)C1. The number of carbonyl (C=O) groups excluding carboxylic acids is 1. The van der Waals surface area contributed by atoms with Gasteiger partial charge in [0.25, 0.3) is 0 Å². The summed E-state index contributed by atoms with van der Waals surface area (Å²) >= 11 is 0. The van der Waals surface area contributed by atoms with Crippen molar-refractivity contribution in [2.45, 2.75) is 78.6 Å². The van der Waals surface area contributed by atoms with E-state index in [4.69, 9.17) is 9.47 Å². The maximum atomic E-state index is 12.2. The van der Waals surface area contributed by atoms with Crippen LogP contribution in [0.15, 0.2) is 0 Å². The van der Waals surface area contributed by atoms with Gasteiger partial charge in [0.15, 0.2) is 0 Å². The first-order valence-corrected chi connectivity index (χ1v) is 8.89. The van der Waals surface area contributed by atoms with Gasteiger partial charge in [0, 0.05) is 32.3 Å². The Kier molecular flexibility index (Phi) is 7.33. The van der Waals surface area contributed by atoms with E-state index in [2.05, 4.69) is 26.1 Å². The lowest BCUT2D eigenvalue weighted by Gasteiger charge is -2.37. The van der Waals surface area contributed by atoms with Crippen LogP contribution in [0.2, 0.25) is 0 Å². The Bertz CT molecular complexity index is 377. The summed E-state index contributed by atoms with van der Waals surface area (Å²) in [5, 5.41) is 3.58. The first kappa shape index (κ1) is 20.2. The lowest BCUT2D eigenvalue weighted by Crippen LogP contribution is -2.50. The van der Waals surface area contributed by atoms with Crippen molar-refractivity contribution in [1.29, 1.82) is 0 Å². The van der Waals surface area contributed by atoms with E-state index in [0.29, 0.717) is 12.0 Å². The molecule has 5 nitrogen and oxygen atoms in total. The van der Waals surface area contributed by atoms with Crippen LogP contribution in [-0.2, 0) is 9.47 Å². The number of ether oxygens (including phenoxy) is 2. The van der Waals surface area contributed by atoms with Crippen molar-refractivity contribution in [2.75, 3.05) is 26.2 Å². The summed E-state index contributed by atoms with van der Waals surface area (Å²) in [6, 6.07) is 0.347. The molecule has 0 bridgehead atoms. The minimum absolute atomic E-state index is 0.164. The van der Waals surface area contributed by atoms with Gasteiger partial charge in [-0.05, 0) is 67.2 Å². The minimum Gasteiger partial charge on any atom is -0.444 e. The molecule has 136 valence electrons. The molecule has 2 atom stereocenters. The fourth-order valence-corrected chi connectivity index (χ4v) is 2.93. The highest BCUT2D eigenvalue weighted by Gasteiger charge is 2.30. The molecule has 0 aliphatic carbocycles. The van der Waals surface area contributed by atoms with Crippen molar-refractivity contribution >= 4 is 6.09 Å². The van der Waals surface area contributed by atoms with Crippen LogP contribution in [0.25, 0.3) is 0 Å². The average molecular weight is 328 g/mol. The number of likely N-dealkylation sites (tertiary alicyclic amines) is 1. The maximum absolute atomic E-state index is 12.2. The highest BCUT2D eigenvalue weighted by atomic mass is 16.6. The second-order valence-electron chi connectivity index (χ2n) is 8.19. The van der Waals surface area contributed by atoms with Gasteiger partial charge in [0.1, 0.15) is 5.60 Å². The Morgan fingerprint density at radius 3 is 2.52 bits per heavy atom. The summed E-state index contributed by atoms with van der Waals surface area (Å²) in [7, 11) is 0. The molecule has 0 radical (unpaired) electrons. The highest BCUT2D eigenvalue weighted by molar-refractivity contribution is 5.68. The van der Waals surface area contributed by atoms with Gasteiger partial charge in [-0.2, -0.15) is 0 Å². The van der Waals surface area contributed by atoms with E-state index in [1.54, 1.807) is 0 Å². The summed E-state index contributed by atoms with van der Waals surface area (Å²) < 4.78 is 11.2. The molecule has 1 aliphatic heterocycles. The van der Waals surface area contributed by atoms with Crippen molar-refractivity contribution in [3.63, 3.8) is 0 Å². The molecule has 23 heavy (non-hydrogen) atoms. The number of piperidine rings is 1. The molecule has 0 aromatic heterocycles. The molecule has 1 rings (SSSR count). The molecule has 1 fully saturated rings. The molecule has 0 aromatic carbocycles. The van der Waals surface area contributed by atoms with Crippen LogP contribution in [0.4, 0.5) is 4.79 Å². The van der Waals surface area contributed by atoms with Gasteiger partial charge in [0.2, 0.25) is 0 Å². The van der Waals surface area contributed by atoms with Crippen molar-refractivity contribution in [1.82, 2.24) is 10.2 Å². The van der Waals surface area contributed by atoms with Crippen LogP contribution in [0, 0.1) is 5.92 Å². The lowest BCUT2D eigenvalue weighted by atomic mass is 9.91. The Morgan fingerprint density at radius 1 is 1.30 bits per heavy atom. The smallest absolute Gasteiger partial charge is 0.410 e. The summed E-state index contributed by atoms with van der Waals surface area (Å²) in [4.78, 5) is 14.1. The molecule has 5 heteroatoms. The Hall–Kier alpha value is -0.810. The molecule has 2 unspecified atom stereocenters. The quantitative estimate of drug-likeness (QED) is 0.811. The molecular weight excluding hydrogens is 292 g/mol. The minimum atomic E-state index is -0.435. The molecule has 1 aliphatic rings. The van der Waals surface area contributed by atoms with E-state index in [-0.39, 0.29) is 11.7 Å². The number of carbonyl (C=O) groups is 1. The van der Waals surface area contributed by atoms with E-state index < -0.39 is 5.60 Å². The van der Waals surface area contributed by atoms with Gasteiger partial charge in [-0.25, -0.2) is 4.79 Å². The average Bonchev–Trinajstić information content (AvgIpc) is 2.43. The summed E-state index contributed by atoms with van der Waals surface area (Å²) in [5.74, 6) is 0.452. The maximum Gasteiger partial charge on any atom is 0.410 e. The largest absolute Gasteiger partial charge is 0.444 e. The zero-order chi connectivity index (χ0) is 17.7. The van der Waals surface area contributed by atoms with E-state index in [1.165, 1.54) is 0 Å². The Balaban J connectivity index is 2.49. The highest BCUT2D eigenvalue weighted by Crippen LogP contribution is 2.22. The van der Waals surface area contributed by atoms with Crippen LogP contribution in [0.5, 0.6) is 0 Å². The van der Waals surface area contributed by atoms with E-state index in [1.807, 2.05) is 32.6 Å². The van der Waals surface area contributed by atoms with Gasteiger partial charge in [-0.1, -0.05) is 0 Å². The molecule has 1 heterocycles. The van der Waals surface area contributed by atoms with Gasteiger partial charge in [-0.15, -0.1) is 0 Å². The van der Waals surface area contributed by atoms with E-state index >= 15 is 0 Å². The second-order valence-corrected chi connectivity index (χ2v) is 8.19. The normalized spacial score (nSPS) is 21.2. The van der Waals surface area contributed by atoms with E-state index in [9.17, 15) is 4.79 Å². The third-order valence-corrected chi connectivity index (χ3v) is 4.20. The van der Waals surface area contributed by atoms with Crippen molar-refractivity contribution in [2.24, 2.45) is 5.92 Å². The Morgan fingerprint density at radius 2 is 1.96 bits per heavy atom. The predicted octanol–water partition coefficient (Wildman–Crippen LogP) is 3.43. The van der Waals surface area contributed by atoms with Crippen molar-refractivity contribution < 1.29 is 14.3 Å². The lowest BCUT2D eigenvalue weighted by molar-refractivity contribution is -0.0135. The topological polar surface area (TPSA) is 50.8 Å². The van der Waals surface area contributed by atoms with Gasteiger partial charge >= 0.3 is 6.09 Å². The van der Waals surface area contributed by atoms with Crippen LogP contribution in [0.3, 0.4) is 0 Å². The molecule has 1 saturated heterocycles. The van der Waals surface area contributed by atoms with Crippen LogP contribution < -0.4 is 5.32 Å². The number of nitrogens with one attached hydrogen (secondary N) is 1. The zero-order valence-electron chi connectivity index (χ0n) is 16.1. The summed E-state index contributed by atoms with van der Waals surface area (Å²) in [6.45, 7) is 17.2. The molecule has 0 saturated carbocycles. The van der Waals surface area contributed by atoms with Crippen LogP contribution in [0.1, 0.15) is 61.3 Å². The third kappa shape index (κ3) is 7.53. The van der Waals surface area contributed by atoms with Crippen molar-refractivity contribution in [3.8, 4) is 0 Å². The first-order valence-electron chi connectivity index (χ1n) is 8.89. The fraction of sp³-hybridized carbons (Fsp3) is 0.944. The molecule has 0 aromatic rings. The van der Waals surface area contributed by atoms with Crippen molar-refractivity contribution in [3.05, 3.63) is 0 Å². The standard InChI is InChI=1S/C18H36N2O3/c1-8-22-18(6,7)13-19-14(2)15-10-9-11-20(12-15)16(21)23-17(3,4)5/h14-15,19H,8-13H2,1-7H3. The monoisotopic (exact) mass is 328 g/mol. The third-order valence-electron chi connectivity index (χ3n) is 4.20. The Labute approximate surface area is 142 Å². The number of amides is 1. The van der Waals surface area contributed by atoms with E-state index in [0.717, 1.165) is 39.1 Å². The molecule has 1 amide bonds. The zero-order valence-corrected chi connectivity index (χ0v) is 16.1. The predicted molar refractivity (Wildman–Crippen MR) is 93.7 cm³/mol. The first-order chi connectivity index (χ1) is 10.5. The summed E-state index contributed by atoms with van der Waals surface area (Å²) in [5.41, 5.74) is -0.599. The van der Waals surface area contributed by atoms with Crippen LogP contribution in [-0.4, -0.2) is 54.5 Å².